The number of nitrogens with zero attached hydrogens (tertiary/aromatic N) is 3. The van der Waals surface area contributed by atoms with E-state index in [-0.39, 0.29) is 24.9 Å². The normalized spacial score (nSPS) is 14.0. The first-order chi connectivity index (χ1) is 17.4. The van der Waals surface area contributed by atoms with E-state index in [0.717, 1.165) is 41.8 Å². The van der Waals surface area contributed by atoms with Crippen LogP contribution in [0.2, 0.25) is 5.02 Å². The molecule has 2 aromatic rings. The van der Waals surface area contributed by atoms with Crippen LogP contribution < -0.4 is 10.1 Å². The lowest BCUT2D eigenvalue weighted by atomic mass is 10.1. The monoisotopic (exact) mass is 512 g/mol. The number of amides is 2. The number of hydrogen-bond acceptors (Lipinski definition) is 6. The smallest absolute Gasteiger partial charge is 0.323 e. The summed E-state index contributed by atoms with van der Waals surface area (Å²) in [6.45, 7) is 1.45. The van der Waals surface area contributed by atoms with Crippen LogP contribution in [0.15, 0.2) is 47.5 Å². The Morgan fingerprint density at radius 3 is 2.64 bits per heavy atom. The maximum Gasteiger partial charge on any atom is 0.323 e. The van der Waals surface area contributed by atoms with Crippen LogP contribution in [0.25, 0.3) is 0 Å². The lowest BCUT2D eigenvalue weighted by molar-refractivity contribution is -0.145. The van der Waals surface area contributed by atoms with Gasteiger partial charge in [0.25, 0.3) is 0 Å². The first kappa shape index (κ1) is 25.5. The second kappa shape index (κ2) is 11.9. The van der Waals surface area contributed by atoms with Crippen LogP contribution in [0.3, 0.4) is 0 Å². The van der Waals surface area contributed by atoms with Crippen molar-refractivity contribution in [2.24, 2.45) is 4.99 Å². The lowest BCUT2D eigenvalue weighted by Crippen LogP contribution is -2.35. The van der Waals surface area contributed by atoms with Crippen molar-refractivity contribution < 1.29 is 24.2 Å². The number of ether oxygens (including phenoxy) is 1. The number of halogens is 1. The largest absolute Gasteiger partial charge is 0.494 e. The Morgan fingerprint density at radius 2 is 1.86 bits per heavy atom. The summed E-state index contributed by atoms with van der Waals surface area (Å²) in [5, 5.41) is 12.5. The van der Waals surface area contributed by atoms with Gasteiger partial charge < -0.3 is 19.6 Å². The number of rotatable bonds is 12. The molecule has 2 N–H and O–H groups in total. The van der Waals surface area contributed by atoms with Crippen molar-refractivity contribution in [1.82, 2.24) is 15.1 Å². The van der Waals surface area contributed by atoms with E-state index in [2.05, 4.69) is 10.3 Å². The number of guanidine groups is 1. The molecule has 2 heterocycles. The minimum Gasteiger partial charge on any atom is -0.494 e. The van der Waals surface area contributed by atoms with Gasteiger partial charge in [-0.1, -0.05) is 42.6 Å². The third-order valence-corrected chi connectivity index (χ3v) is 6.30. The molecule has 0 aliphatic carbocycles. The average Bonchev–Trinajstić information content (AvgIpc) is 3.21. The number of carbonyl (C=O) groups is 3. The van der Waals surface area contributed by atoms with E-state index >= 15 is 0 Å². The van der Waals surface area contributed by atoms with Gasteiger partial charge in [0.1, 0.15) is 18.8 Å². The zero-order valence-corrected chi connectivity index (χ0v) is 20.7. The fourth-order valence-electron chi connectivity index (χ4n) is 4.20. The van der Waals surface area contributed by atoms with Crippen LogP contribution in [0.5, 0.6) is 5.75 Å². The molecule has 0 aromatic heterocycles. The van der Waals surface area contributed by atoms with Gasteiger partial charge in [-0.15, -0.1) is 0 Å². The summed E-state index contributed by atoms with van der Waals surface area (Å²) in [6, 6.07) is 12.8. The Hall–Kier alpha value is -3.59. The van der Waals surface area contributed by atoms with Crippen LogP contribution in [-0.2, 0) is 27.5 Å². The summed E-state index contributed by atoms with van der Waals surface area (Å²) in [5.74, 6) is 0.0763. The van der Waals surface area contributed by atoms with E-state index in [9.17, 15) is 19.5 Å². The number of carboxylic acids is 1. The number of aliphatic carboxylic acids is 1. The maximum atomic E-state index is 12.6. The molecule has 36 heavy (non-hydrogen) atoms. The molecule has 0 saturated carbocycles. The van der Waals surface area contributed by atoms with Gasteiger partial charge in [0, 0.05) is 30.6 Å². The number of hydrogen-bond donors (Lipinski definition) is 2. The van der Waals surface area contributed by atoms with Crippen molar-refractivity contribution >= 4 is 41.0 Å². The predicted molar refractivity (Wildman–Crippen MR) is 135 cm³/mol. The topological polar surface area (TPSA) is 112 Å². The summed E-state index contributed by atoms with van der Waals surface area (Å²) in [4.78, 5) is 43.2. The molecule has 1 saturated heterocycles. The fourth-order valence-corrected chi connectivity index (χ4v) is 4.32. The molecular formula is C26H29ClN4O5. The van der Waals surface area contributed by atoms with Crippen molar-refractivity contribution in [3.8, 4) is 5.75 Å². The molecule has 2 aliphatic rings. The Labute approximate surface area is 214 Å². The van der Waals surface area contributed by atoms with E-state index in [1.165, 1.54) is 4.90 Å². The van der Waals surface area contributed by atoms with E-state index < -0.39 is 5.97 Å². The van der Waals surface area contributed by atoms with Crippen molar-refractivity contribution in [2.45, 2.75) is 45.2 Å². The van der Waals surface area contributed by atoms with Crippen molar-refractivity contribution in [3.05, 3.63) is 58.6 Å². The highest BCUT2D eigenvalue weighted by Gasteiger charge is 2.29. The molecule has 2 aromatic carbocycles. The van der Waals surface area contributed by atoms with E-state index in [0.29, 0.717) is 43.5 Å². The van der Waals surface area contributed by atoms with Crippen LogP contribution in [-0.4, -0.2) is 58.3 Å². The number of carbonyl (C=O) groups excluding carboxylic acids is 2. The zero-order chi connectivity index (χ0) is 25.5. The minimum atomic E-state index is -1.03. The molecule has 0 spiro atoms. The fraction of sp³-hybridized carbons (Fsp3) is 0.385. The second-order valence-electron chi connectivity index (χ2n) is 8.91. The molecule has 0 atom stereocenters. The molecule has 0 unspecified atom stereocenters. The quantitative estimate of drug-likeness (QED) is 0.419. The van der Waals surface area contributed by atoms with Crippen molar-refractivity contribution in [2.75, 3.05) is 19.7 Å². The number of carboxylic acid groups (broad SMARTS) is 1. The molecule has 10 heteroatoms. The summed E-state index contributed by atoms with van der Waals surface area (Å²) in [5.41, 5.74) is 2.70. The molecule has 9 nitrogen and oxygen atoms in total. The Balaban J connectivity index is 1.16. The molecule has 4 rings (SSSR count). The van der Waals surface area contributed by atoms with Gasteiger partial charge in [-0.2, -0.15) is 0 Å². The van der Waals surface area contributed by atoms with Gasteiger partial charge in [0.05, 0.1) is 12.3 Å². The molecule has 0 bridgehead atoms. The van der Waals surface area contributed by atoms with Gasteiger partial charge in [0.2, 0.25) is 17.8 Å². The maximum absolute atomic E-state index is 12.6. The van der Waals surface area contributed by atoms with Gasteiger partial charge >= 0.3 is 5.97 Å². The lowest BCUT2D eigenvalue weighted by Gasteiger charge is -2.23. The van der Waals surface area contributed by atoms with E-state index in [1.807, 2.05) is 23.1 Å². The molecular weight excluding hydrogens is 484 g/mol. The predicted octanol–water partition coefficient (Wildman–Crippen LogP) is 3.72. The number of nitrogens with one attached hydrogen (secondary N) is 1. The molecule has 1 fully saturated rings. The van der Waals surface area contributed by atoms with Gasteiger partial charge in [-0.05, 0) is 42.2 Å². The Bertz CT molecular complexity index is 1150. The van der Waals surface area contributed by atoms with E-state index in [4.69, 9.17) is 16.3 Å². The summed E-state index contributed by atoms with van der Waals surface area (Å²) in [6.07, 6.45) is 3.59. The van der Waals surface area contributed by atoms with Gasteiger partial charge in [-0.3, -0.25) is 19.7 Å². The number of aliphatic imine (C=N–C) groups is 1. The molecule has 2 amide bonds. The van der Waals surface area contributed by atoms with Crippen molar-refractivity contribution in [3.63, 3.8) is 0 Å². The summed E-state index contributed by atoms with van der Waals surface area (Å²) < 4.78 is 5.87. The number of unbranched alkanes of at least 4 members (excludes halogenated alkanes) is 3. The average molecular weight is 513 g/mol. The van der Waals surface area contributed by atoms with Gasteiger partial charge in [0.15, 0.2) is 0 Å². The minimum absolute atomic E-state index is 0.0455. The standard InChI is InChI=1S/C26H29ClN4O5/c27-20-9-6-18(7-10-20)14-30(17-25(34)35)24(33)5-3-1-2-4-12-36-21-11-8-19-15-31-16-23(32)29-26(31)28-22(19)13-21/h6-11,13H,1-5,12,14-17H2,(H,34,35)(H,28,29,32). The highest BCUT2D eigenvalue weighted by Crippen LogP contribution is 2.31. The first-order valence-electron chi connectivity index (χ1n) is 12.0. The second-order valence-corrected chi connectivity index (χ2v) is 9.35. The third-order valence-electron chi connectivity index (χ3n) is 6.05. The molecule has 190 valence electrons. The van der Waals surface area contributed by atoms with Crippen LogP contribution in [0, 0.1) is 0 Å². The Morgan fingerprint density at radius 1 is 1.08 bits per heavy atom. The highest BCUT2D eigenvalue weighted by atomic mass is 35.5. The number of benzene rings is 2. The van der Waals surface area contributed by atoms with Crippen LogP contribution in [0.4, 0.5) is 5.69 Å². The van der Waals surface area contributed by atoms with Crippen molar-refractivity contribution in [1.29, 1.82) is 0 Å². The Kier molecular flexibility index (Phi) is 8.43. The summed E-state index contributed by atoms with van der Waals surface area (Å²) >= 11 is 5.90. The number of fused-ring (bicyclic) bond motifs is 2. The zero-order valence-electron chi connectivity index (χ0n) is 19.9. The molecule has 2 aliphatic heterocycles. The summed E-state index contributed by atoms with van der Waals surface area (Å²) in [7, 11) is 0. The van der Waals surface area contributed by atoms with Crippen LogP contribution in [0.1, 0.15) is 43.2 Å². The molecule has 0 radical (unpaired) electrons. The SMILES string of the molecule is O=C(O)CN(Cc1ccc(Cl)cc1)C(=O)CCCCCCOc1ccc2c(c1)N=C1NC(=O)CN1C2. The van der Waals surface area contributed by atoms with Gasteiger partial charge in [-0.25, -0.2) is 4.99 Å². The third kappa shape index (κ3) is 6.97. The van der Waals surface area contributed by atoms with Crippen LogP contribution >= 0.6 is 11.6 Å². The highest BCUT2D eigenvalue weighted by molar-refractivity contribution is 6.30. The van der Waals surface area contributed by atoms with E-state index in [1.54, 1.807) is 24.3 Å². The first-order valence-corrected chi connectivity index (χ1v) is 12.4.